The molecule has 3 nitrogen and oxygen atoms in total. The summed E-state index contributed by atoms with van der Waals surface area (Å²) in [4.78, 5) is 10.5. The van der Waals surface area contributed by atoms with E-state index in [2.05, 4.69) is 18.4 Å². The molecule has 1 atom stereocenters. The van der Waals surface area contributed by atoms with Crippen molar-refractivity contribution in [1.82, 2.24) is 0 Å². The fraction of sp³-hybridized carbons (Fsp3) is 0.222. The molecule has 0 aliphatic carbocycles. The molecule has 0 heterocycles. The van der Waals surface area contributed by atoms with Crippen LogP contribution in [0.1, 0.15) is 22.0 Å². The number of hydrogen-bond donors (Lipinski definition) is 3. The zero-order valence-electron chi connectivity index (χ0n) is 7.10. The lowest BCUT2D eigenvalue weighted by Crippen LogP contribution is -2.54. The van der Waals surface area contributed by atoms with Crippen LogP contribution in [0, 0.1) is 0 Å². The fourth-order valence-corrected chi connectivity index (χ4v) is 1.21. The smallest absolute Gasteiger partial charge is 0.335 e. The van der Waals surface area contributed by atoms with Crippen LogP contribution in [0.5, 0.6) is 0 Å². The molecule has 4 heteroatoms. The van der Waals surface area contributed by atoms with E-state index in [1.54, 1.807) is 24.3 Å². The van der Waals surface area contributed by atoms with E-state index in [0.29, 0.717) is 11.3 Å². The van der Waals surface area contributed by atoms with E-state index in [4.69, 9.17) is 5.11 Å². The van der Waals surface area contributed by atoms with E-state index in [-0.39, 0.29) is 6.04 Å². The monoisotopic (exact) mass is 198 g/mol. The number of benzene rings is 1. The van der Waals surface area contributed by atoms with Crippen LogP contribution < -0.4 is 5.73 Å². The first-order valence-corrected chi connectivity index (χ1v) is 4.55. The van der Waals surface area contributed by atoms with Crippen molar-refractivity contribution in [3.63, 3.8) is 0 Å². The predicted molar refractivity (Wildman–Crippen MR) is 52.9 cm³/mol. The van der Waals surface area contributed by atoms with Gasteiger partial charge in [-0.05, 0) is 12.1 Å². The second-order valence-corrected chi connectivity index (χ2v) is 3.17. The molecule has 0 spiro atoms. The molecule has 1 aromatic rings. The fourth-order valence-electron chi connectivity index (χ4n) is 1.00. The predicted octanol–water partition coefficient (Wildman–Crippen LogP) is 0.598. The van der Waals surface area contributed by atoms with E-state index in [1.807, 2.05) is 0 Å². The lowest BCUT2D eigenvalue weighted by atomic mass is 10.1. The maximum Gasteiger partial charge on any atom is 0.335 e. The summed E-state index contributed by atoms with van der Waals surface area (Å²) in [6.07, 6.45) is 0. The van der Waals surface area contributed by atoms with Crippen LogP contribution in [-0.2, 0) is 0 Å². The third kappa shape index (κ3) is 2.47. The minimum absolute atomic E-state index is 0.117. The molecule has 0 fully saturated rings. The Bertz CT molecular complexity index is 297. The Morgan fingerprint density at radius 3 is 2.38 bits per heavy atom. The molecule has 0 aliphatic heterocycles. The number of carboxylic acid groups (broad SMARTS) is 1. The van der Waals surface area contributed by atoms with Gasteiger partial charge in [0, 0.05) is 11.3 Å². The normalized spacial score (nSPS) is 12.5. The van der Waals surface area contributed by atoms with Crippen molar-refractivity contribution in [2.24, 2.45) is 0 Å². The van der Waals surface area contributed by atoms with E-state index in [0.717, 1.165) is 5.56 Å². The molecule has 0 aromatic heterocycles. The Morgan fingerprint density at radius 2 is 2.00 bits per heavy atom. The van der Waals surface area contributed by atoms with Gasteiger partial charge in [-0.3, -0.25) is 0 Å². The van der Waals surface area contributed by atoms with Crippen LogP contribution in [0.3, 0.4) is 0 Å². The maximum absolute atomic E-state index is 10.5. The lowest BCUT2D eigenvalue weighted by molar-refractivity contribution is -0.418. The summed E-state index contributed by atoms with van der Waals surface area (Å²) >= 11 is 4.11. The van der Waals surface area contributed by atoms with Crippen LogP contribution in [0.25, 0.3) is 0 Å². The van der Waals surface area contributed by atoms with Gasteiger partial charge in [-0.25, -0.2) is 4.79 Å². The van der Waals surface area contributed by atoms with Crippen molar-refractivity contribution >= 4 is 18.6 Å². The van der Waals surface area contributed by atoms with Crippen molar-refractivity contribution in [1.29, 1.82) is 0 Å². The highest BCUT2D eigenvalue weighted by molar-refractivity contribution is 7.80. The number of thiol groups is 1. The molecule has 0 aliphatic rings. The minimum Gasteiger partial charge on any atom is -0.478 e. The number of hydrogen-bond acceptors (Lipinski definition) is 2. The highest BCUT2D eigenvalue weighted by Crippen LogP contribution is 2.11. The SMILES string of the molecule is [NH3+]C(CS)c1ccc(C(=O)O)cc1. The zero-order valence-corrected chi connectivity index (χ0v) is 8.00. The van der Waals surface area contributed by atoms with Crippen LogP contribution in [0.4, 0.5) is 0 Å². The van der Waals surface area contributed by atoms with Gasteiger partial charge in [-0.15, -0.1) is 0 Å². The van der Waals surface area contributed by atoms with Crippen molar-refractivity contribution in [3.05, 3.63) is 35.4 Å². The van der Waals surface area contributed by atoms with Crippen molar-refractivity contribution in [3.8, 4) is 0 Å². The molecule has 70 valence electrons. The third-order valence-electron chi connectivity index (χ3n) is 1.85. The summed E-state index contributed by atoms with van der Waals surface area (Å²) in [6, 6.07) is 6.83. The summed E-state index contributed by atoms with van der Waals surface area (Å²) in [5.74, 6) is -0.245. The van der Waals surface area contributed by atoms with E-state index in [1.165, 1.54) is 0 Å². The molecule has 1 rings (SSSR count). The molecule has 0 bridgehead atoms. The Hall–Kier alpha value is -1.00. The Labute approximate surface area is 82.0 Å². The van der Waals surface area contributed by atoms with Gasteiger partial charge in [0.15, 0.2) is 0 Å². The minimum atomic E-state index is -0.905. The number of carbonyl (C=O) groups is 1. The van der Waals surface area contributed by atoms with E-state index in [9.17, 15) is 4.79 Å². The Morgan fingerprint density at radius 1 is 1.46 bits per heavy atom. The third-order valence-corrected chi connectivity index (χ3v) is 2.29. The number of rotatable bonds is 3. The summed E-state index contributed by atoms with van der Waals surface area (Å²) in [5, 5.41) is 8.64. The largest absolute Gasteiger partial charge is 0.478 e. The van der Waals surface area contributed by atoms with Gasteiger partial charge in [0.25, 0.3) is 0 Å². The summed E-state index contributed by atoms with van der Waals surface area (Å²) in [5.41, 5.74) is 5.19. The molecule has 1 unspecified atom stereocenters. The molecule has 4 N–H and O–H groups in total. The zero-order chi connectivity index (χ0) is 9.84. The van der Waals surface area contributed by atoms with Crippen LogP contribution in [-0.4, -0.2) is 16.8 Å². The molecule has 0 saturated carbocycles. The van der Waals surface area contributed by atoms with Gasteiger partial charge < -0.3 is 10.8 Å². The van der Waals surface area contributed by atoms with E-state index < -0.39 is 5.97 Å². The van der Waals surface area contributed by atoms with E-state index >= 15 is 0 Å². The van der Waals surface area contributed by atoms with Gasteiger partial charge >= 0.3 is 5.97 Å². The Kier molecular flexibility index (Phi) is 3.33. The molecule has 0 amide bonds. The number of aromatic carboxylic acids is 1. The van der Waals surface area contributed by atoms with Crippen molar-refractivity contribution in [2.75, 3.05) is 5.75 Å². The van der Waals surface area contributed by atoms with Gasteiger partial charge in [0.1, 0.15) is 6.04 Å². The first-order chi connectivity index (χ1) is 6.15. The quantitative estimate of drug-likeness (QED) is 0.623. The summed E-state index contributed by atoms with van der Waals surface area (Å²) < 4.78 is 0. The second-order valence-electron chi connectivity index (χ2n) is 2.81. The molecule has 13 heavy (non-hydrogen) atoms. The summed E-state index contributed by atoms with van der Waals surface area (Å²) in [6.45, 7) is 0. The molecular formula is C9H12NO2S+. The lowest BCUT2D eigenvalue weighted by Gasteiger charge is -2.04. The average Bonchev–Trinajstić information content (AvgIpc) is 2.17. The molecular weight excluding hydrogens is 186 g/mol. The standard InChI is InChI=1S/C9H11NO2S/c10-8(5-13)6-1-3-7(4-2-6)9(11)12/h1-4,8,13H,5,10H2,(H,11,12)/p+1. The van der Waals surface area contributed by atoms with Gasteiger partial charge in [-0.1, -0.05) is 12.1 Å². The molecule has 0 saturated heterocycles. The summed E-state index contributed by atoms with van der Waals surface area (Å²) in [7, 11) is 0. The number of quaternary nitrogens is 1. The highest BCUT2D eigenvalue weighted by Gasteiger charge is 2.08. The highest BCUT2D eigenvalue weighted by atomic mass is 32.1. The van der Waals surface area contributed by atoms with Gasteiger partial charge in [-0.2, -0.15) is 12.6 Å². The van der Waals surface area contributed by atoms with Crippen LogP contribution in [0.15, 0.2) is 24.3 Å². The van der Waals surface area contributed by atoms with Crippen LogP contribution in [0.2, 0.25) is 0 Å². The van der Waals surface area contributed by atoms with Gasteiger partial charge in [0.05, 0.1) is 5.56 Å². The first kappa shape index (κ1) is 10.1. The average molecular weight is 198 g/mol. The second kappa shape index (κ2) is 4.30. The van der Waals surface area contributed by atoms with Gasteiger partial charge in [0.2, 0.25) is 0 Å². The molecule has 1 aromatic carbocycles. The molecule has 0 radical (unpaired) electrons. The first-order valence-electron chi connectivity index (χ1n) is 3.92. The van der Waals surface area contributed by atoms with Crippen molar-refractivity contribution in [2.45, 2.75) is 6.04 Å². The van der Waals surface area contributed by atoms with Crippen molar-refractivity contribution < 1.29 is 15.6 Å². The van der Waals surface area contributed by atoms with Crippen LogP contribution >= 0.6 is 12.6 Å². The topological polar surface area (TPSA) is 64.9 Å². The maximum atomic E-state index is 10.5. The Balaban J connectivity index is 2.87. The number of carboxylic acids is 1.